The minimum atomic E-state index is -1.49. The number of hydrogen-bond acceptors (Lipinski definition) is 4. The van der Waals surface area contributed by atoms with Crippen LogP contribution in [0.2, 0.25) is 0 Å². The molecule has 11 heavy (non-hydrogen) atoms. The van der Waals surface area contributed by atoms with Gasteiger partial charge < -0.3 is 14.9 Å². The summed E-state index contributed by atoms with van der Waals surface area (Å²) in [6.07, 6.45) is 1.10. The van der Waals surface area contributed by atoms with Crippen LogP contribution in [0, 0.1) is 0 Å². The second-order valence-corrected chi connectivity index (χ2v) is 1.57. The quantitative estimate of drug-likeness (QED) is 0.402. The minimum Gasteiger partial charge on any atom is -0.542 e. The van der Waals surface area contributed by atoms with Crippen LogP contribution in [-0.2, 0) is 0 Å². The Balaban J connectivity index is 0.000001000. The summed E-state index contributed by atoms with van der Waals surface area (Å²) in [5, 5.41) is 10.0. The van der Waals surface area contributed by atoms with Crippen LogP contribution in [-0.4, -0.2) is 15.9 Å². The summed E-state index contributed by atoms with van der Waals surface area (Å²) in [5.74, 6) is -1.94. The number of carbonyl (C=O) groups is 1. The van der Waals surface area contributed by atoms with Crippen molar-refractivity contribution in [3.63, 3.8) is 0 Å². The summed E-state index contributed by atoms with van der Waals surface area (Å²) in [5.41, 5.74) is -0.505. The fraction of sp³-hybridized carbons (Fsp3) is 0. The van der Waals surface area contributed by atoms with E-state index in [-0.39, 0.29) is 18.9 Å². The Morgan fingerprint density at radius 1 is 1.64 bits per heavy atom. The maximum absolute atomic E-state index is 10.4. The van der Waals surface area contributed by atoms with Crippen molar-refractivity contribution >= 4 is 5.97 Å². The van der Waals surface area contributed by atoms with Gasteiger partial charge in [-0.05, 0) is 0 Å². The van der Waals surface area contributed by atoms with Crippen LogP contribution < -0.4 is 29.5 Å². The van der Waals surface area contributed by atoms with E-state index in [0.29, 0.717) is 0 Å². The van der Waals surface area contributed by atoms with Gasteiger partial charge in [0.25, 0.3) is 5.56 Å². The molecule has 1 aromatic rings. The van der Waals surface area contributed by atoms with Crippen molar-refractivity contribution in [2.45, 2.75) is 0 Å². The molecule has 0 aliphatic heterocycles. The maximum Gasteiger partial charge on any atom is 1.00 e. The average Bonchev–Trinajstić information content (AvgIpc) is 1.88. The first-order chi connectivity index (χ1) is 4.70. The van der Waals surface area contributed by atoms with Gasteiger partial charge in [-0.3, -0.25) is 4.79 Å². The van der Waals surface area contributed by atoms with Crippen molar-refractivity contribution in [3.05, 3.63) is 28.4 Å². The molecule has 0 bridgehead atoms. The number of carbonyl (C=O) groups excluding carboxylic acids is 1. The molecular weight excluding hydrogens is 143 g/mol. The van der Waals surface area contributed by atoms with Crippen LogP contribution >= 0.6 is 0 Å². The number of carboxylic acids is 1. The fourth-order valence-corrected chi connectivity index (χ4v) is 0.474. The molecule has 1 N–H and O–H groups in total. The van der Waals surface area contributed by atoms with Crippen LogP contribution in [0.5, 0.6) is 0 Å². The zero-order chi connectivity index (χ0) is 7.56. The van der Waals surface area contributed by atoms with Gasteiger partial charge >= 0.3 is 18.9 Å². The third-order valence-corrected chi connectivity index (χ3v) is 0.864. The maximum atomic E-state index is 10.4. The van der Waals surface area contributed by atoms with Crippen LogP contribution in [0.1, 0.15) is 10.6 Å². The number of carboxylic acid groups (broad SMARTS) is 1. The standard InChI is InChI=1S/C5H4N2O3.Li/c8-3-1-2-6-4(7-3)5(9)10;/h1-2H,(H,9,10)(H,6,7,8);/q;+1/p-1. The van der Waals surface area contributed by atoms with E-state index in [0.717, 1.165) is 12.3 Å². The van der Waals surface area contributed by atoms with Crippen molar-refractivity contribution in [1.82, 2.24) is 9.97 Å². The normalized spacial score (nSPS) is 8.36. The van der Waals surface area contributed by atoms with Crippen LogP contribution in [0.15, 0.2) is 17.1 Å². The second kappa shape index (κ2) is 3.96. The molecule has 5 nitrogen and oxygen atoms in total. The third-order valence-electron chi connectivity index (χ3n) is 0.864. The van der Waals surface area contributed by atoms with Gasteiger partial charge in [0, 0.05) is 12.3 Å². The molecule has 0 saturated carbocycles. The first kappa shape index (κ1) is 9.95. The van der Waals surface area contributed by atoms with Gasteiger partial charge in [0.05, 0.1) is 0 Å². The Labute approximate surface area is 73.7 Å². The van der Waals surface area contributed by atoms with Crippen molar-refractivity contribution in [2.24, 2.45) is 0 Å². The van der Waals surface area contributed by atoms with Crippen molar-refractivity contribution in [1.29, 1.82) is 0 Å². The molecule has 1 heterocycles. The van der Waals surface area contributed by atoms with Gasteiger partial charge in [-0.15, -0.1) is 0 Å². The average molecular weight is 146 g/mol. The largest absolute Gasteiger partial charge is 1.00 e. The molecule has 0 amide bonds. The molecule has 52 valence electrons. The zero-order valence-corrected chi connectivity index (χ0v) is 5.83. The Hall–Kier alpha value is -1.05. The molecule has 0 unspecified atom stereocenters. The summed E-state index contributed by atoms with van der Waals surface area (Å²) < 4.78 is 0. The second-order valence-electron chi connectivity index (χ2n) is 1.57. The zero-order valence-electron chi connectivity index (χ0n) is 5.83. The van der Waals surface area contributed by atoms with E-state index in [2.05, 4.69) is 4.98 Å². The van der Waals surface area contributed by atoms with Crippen molar-refractivity contribution in [3.8, 4) is 0 Å². The fourth-order valence-electron chi connectivity index (χ4n) is 0.474. The molecule has 1 aromatic heterocycles. The number of H-pyrrole nitrogens is 1. The number of aromatic nitrogens is 2. The molecular formula is C5H3LiN2O3. The molecule has 0 radical (unpaired) electrons. The number of hydrogen-bond donors (Lipinski definition) is 1. The number of nitrogens with one attached hydrogen (secondary N) is 1. The Morgan fingerprint density at radius 2 is 2.27 bits per heavy atom. The third kappa shape index (κ3) is 2.58. The van der Waals surface area contributed by atoms with Crippen molar-refractivity contribution < 1.29 is 28.8 Å². The predicted molar refractivity (Wildman–Crippen MR) is 29.2 cm³/mol. The number of rotatable bonds is 1. The number of aromatic amines is 1. The predicted octanol–water partition coefficient (Wildman–Crippen LogP) is -4.86. The van der Waals surface area contributed by atoms with E-state index in [1.165, 1.54) is 0 Å². The van der Waals surface area contributed by atoms with Gasteiger partial charge in [0.1, 0.15) is 5.97 Å². The van der Waals surface area contributed by atoms with Gasteiger partial charge in [0.2, 0.25) is 0 Å². The summed E-state index contributed by atoms with van der Waals surface area (Å²) >= 11 is 0. The van der Waals surface area contributed by atoms with Gasteiger partial charge in [-0.25, -0.2) is 4.98 Å². The minimum absolute atomic E-state index is 0. The smallest absolute Gasteiger partial charge is 0.542 e. The summed E-state index contributed by atoms with van der Waals surface area (Å²) in [6, 6.07) is 1.12. The van der Waals surface area contributed by atoms with E-state index in [1.54, 1.807) is 0 Å². The Morgan fingerprint density at radius 3 is 2.64 bits per heavy atom. The van der Waals surface area contributed by atoms with E-state index < -0.39 is 17.4 Å². The molecule has 0 saturated heterocycles. The molecule has 0 atom stereocenters. The summed E-state index contributed by atoms with van der Waals surface area (Å²) in [6.45, 7) is 0. The summed E-state index contributed by atoms with van der Waals surface area (Å²) in [4.78, 5) is 25.7. The van der Waals surface area contributed by atoms with Gasteiger partial charge in [0.15, 0.2) is 5.82 Å². The van der Waals surface area contributed by atoms with Gasteiger partial charge in [-0.2, -0.15) is 0 Å². The van der Waals surface area contributed by atoms with E-state index >= 15 is 0 Å². The van der Waals surface area contributed by atoms with Crippen LogP contribution in [0.25, 0.3) is 0 Å². The molecule has 6 heteroatoms. The first-order valence-electron chi connectivity index (χ1n) is 2.47. The van der Waals surface area contributed by atoms with E-state index in [9.17, 15) is 14.7 Å². The Bertz CT molecular complexity index is 309. The monoisotopic (exact) mass is 146 g/mol. The van der Waals surface area contributed by atoms with Gasteiger partial charge in [-0.1, -0.05) is 0 Å². The number of aromatic carboxylic acids is 1. The SMILES string of the molecule is O=C([O-])c1nccc(=O)[nH]1.[Li+]. The Kier molecular flexibility index (Phi) is 3.58. The van der Waals surface area contributed by atoms with E-state index in [1.807, 2.05) is 4.98 Å². The molecule has 0 aromatic carbocycles. The van der Waals surface area contributed by atoms with Crippen LogP contribution in [0.3, 0.4) is 0 Å². The topological polar surface area (TPSA) is 85.9 Å². The van der Waals surface area contributed by atoms with E-state index in [4.69, 9.17) is 0 Å². The first-order valence-corrected chi connectivity index (χ1v) is 2.47. The molecule has 0 aliphatic carbocycles. The molecule has 0 aliphatic rings. The molecule has 0 fully saturated rings. The summed E-state index contributed by atoms with van der Waals surface area (Å²) in [7, 11) is 0. The molecule has 0 spiro atoms. The molecule has 1 rings (SSSR count). The number of nitrogens with zero attached hydrogens (tertiary/aromatic N) is 1. The van der Waals surface area contributed by atoms with Crippen molar-refractivity contribution in [2.75, 3.05) is 0 Å². The van der Waals surface area contributed by atoms with Crippen LogP contribution in [0.4, 0.5) is 0 Å².